The summed E-state index contributed by atoms with van der Waals surface area (Å²) in [5.74, 6) is -0.00423. The van der Waals surface area contributed by atoms with Gasteiger partial charge in [0.2, 0.25) is 0 Å². The van der Waals surface area contributed by atoms with Crippen molar-refractivity contribution in [1.82, 2.24) is 14.7 Å². The summed E-state index contributed by atoms with van der Waals surface area (Å²) in [5.41, 5.74) is 9.52. The second kappa shape index (κ2) is 6.50. The van der Waals surface area contributed by atoms with Gasteiger partial charge in [-0.3, -0.25) is 4.79 Å². The van der Waals surface area contributed by atoms with Crippen LogP contribution in [0.3, 0.4) is 0 Å². The number of hydrogen-bond donors (Lipinski definition) is 1. The second-order valence-corrected chi connectivity index (χ2v) is 7.64. The molecule has 1 aromatic carbocycles. The lowest BCUT2D eigenvalue weighted by Crippen LogP contribution is -2.35. The number of benzene rings is 1. The predicted octanol–water partition coefficient (Wildman–Crippen LogP) is 2.62. The molecule has 2 atom stereocenters. The Morgan fingerprint density at radius 2 is 2.19 bits per heavy atom. The number of fused-ring (bicyclic) bond motifs is 1. The number of amides is 1. The van der Waals surface area contributed by atoms with Crippen LogP contribution in [0.2, 0.25) is 0 Å². The van der Waals surface area contributed by atoms with Crippen molar-refractivity contribution in [1.29, 1.82) is 0 Å². The van der Waals surface area contributed by atoms with Crippen LogP contribution in [0.5, 0.6) is 0 Å². The Hall–Kier alpha value is -2.21. The van der Waals surface area contributed by atoms with Gasteiger partial charge in [0.05, 0.1) is 0 Å². The van der Waals surface area contributed by atoms with Crippen LogP contribution in [0.15, 0.2) is 18.2 Å². The molecule has 5 nitrogen and oxygen atoms in total. The lowest BCUT2D eigenvalue weighted by Gasteiger charge is -2.20. The van der Waals surface area contributed by atoms with Crippen LogP contribution in [0.1, 0.15) is 47.1 Å². The molecule has 1 aromatic heterocycles. The van der Waals surface area contributed by atoms with Gasteiger partial charge in [0.25, 0.3) is 5.91 Å². The van der Waals surface area contributed by atoms with Crippen LogP contribution in [0, 0.1) is 18.7 Å². The summed E-state index contributed by atoms with van der Waals surface area (Å²) in [6.07, 6.45) is 3.55. The van der Waals surface area contributed by atoms with E-state index in [1.165, 1.54) is 6.07 Å². The molecule has 2 unspecified atom stereocenters. The largest absolute Gasteiger partial charge is 0.334 e. The van der Waals surface area contributed by atoms with Crippen molar-refractivity contribution in [2.45, 2.75) is 45.6 Å². The lowest BCUT2D eigenvalue weighted by atomic mass is 10.1. The zero-order valence-electron chi connectivity index (χ0n) is 15.3. The highest BCUT2D eigenvalue weighted by molar-refractivity contribution is 5.94. The van der Waals surface area contributed by atoms with Crippen molar-refractivity contribution in [3.05, 3.63) is 46.5 Å². The van der Waals surface area contributed by atoms with Gasteiger partial charge in [-0.1, -0.05) is 6.07 Å². The van der Waals surface area contributed by atoms with E-state index in [9.17, 15) is 9.18 Å². The minimum absolute atomic E-state index is 0.0436. The maximum Gasteiger partial charge on any atom is 0.274 e. The first kappa shape index (κ1) is 17.2. The number of halogens is 1. The number of hydrogen-bond acceptors (Lipinski definition) is 3. The summed E-state index contributed by atoms with van der Waals surface area (Å²) < 4.78 is 16.1. The number of likely N-dealkylation sites (tertiary alicyclic amines) is 1. The normalized spacial score (nSPS) is 22.1. The van der Waals surface area contributed by atoms with Crippen LogP contribution >= 0.6 is 0 Å². The van der Waals surface area contributed by atoms with Crippen LogP contribution in [0.4, 0.5) is 4.39 Å². The molecule has 1 aliphatic heterocycles. The van der Waals surface area contributed by atoms with E-state index < -0.39 is 0 Å². The van der Waals surface area contributed by atoms with Crippen molar-refractivity contribution >= 4 is 5.91 Å². The first-order valence-electron chi connectivity index (χ1n) is 9.38. The molecule has 2 heterocycles. The molecule has 138 valence electrons. The van der Waals surface area contributed by atoms with Crippen molar-refractivity contribution < 1.29 is 9.18 Å². The number of rotatable bonds is 3. The average molecular weight is 356 g/mol. The van der Waals surface area contributed by atoms with Crippen LogP contribution < -0.4 is 5.73 Å². The van der Waals surface area contributed by atoms with Crippen molar-refractivity contribution in [2.75, 3.05) is 13.1 Å². The van der Waals surface area contributed by atoms with E-state index in [1.54, 1.807) is 10.7 Å². The third-order valence-corrected chi connectivity index (χ3v) is 5.72. The Morgan fingerprint density at radius 1 is 1.38 bits per heavy atom. The molecule has 0 spiro atoms. The van der Waals surface area contributed by atoms with Crippen molar-refractivity contribution in [3.8, 4) is 5.69 Å². The Labute approximate surface area is 153 Å². The Balaban J connectivity index is 1.74. The number of aryl methyl sites for hydroxylation is 1. The molecule has 2 N–H and O–H groups in total. The minimum atomic E-state index is -0.307. The molecular formula is C20H25FN4O. The maximum atomic E-state index is 14.5. The number of carbonyl (C=O) groups excluding carboxylic acids is 1. The second-order valence-electron chi connectivity index (χ2n) is 7.64. The molecule has 1 fully saturated rings. The topological polar surface area (TPSA) is 64.2 Å². The third kappa shape index (κ3) is 2.72. The van der Waals surface area contributed by atoms with E-state index in [1.807, 2.05) is 17.9 Å². The number of nitrogens with zero attached hydrogens (tertiary/aromatic N) is 3. The molecule has 0 saturated carbocycles. The summed E-state index contributed by atoms with van der Waals surface area (Å²) in [6, 6.07) is 5.29. The third-order valence-electron chi connectivity index (χ3n) is 5.72. The van der Waals surface area contributed by atoms with Gasteiger partial charge in [-0.15, -0.1) is 0 Å². The molecule has 2 aliphatic rings. The first-order chi connectivity index (χ1) is 12.5. The zero-order valence-corrected chi connectivity index (χ0v) is 15.3. The van der Waals surface area contributed by atoms with E-state index in [-0.39, 0.29) is 17.8 Å². The van der Waals surface area contributed by atoms with E-state index in [0.717, 1.165) is 42.5 Å². The zero-order chi connectivity index (χ0) is 18.4. The van der Waals surface area contributed by atoms with Gasteiger partial charge >= 0.3 is 0 Å². The van der Waals surface area contributed by atoms with Crippen molar-refractivity contribution in [3.63, 3.8) is 0 Å². The number of carbonyl (C=O) groups is 1. The summed E-state index contributed by atoms with van der Waals surface area (Å²) in [5, 5.41) is 4.58. The quantitative estimate of drug-likeness (QED) is 0.919. The first-order valence-corrected chi connectivity index (χ1v) is 9.38. The Bertz CT molecular complexity index is 860. The SMILES string of the molecule is Cc1ccc(-n2nc(C(=O)N3CC(CN)CC3C)c3c2CCC3)c(F)c1. The number of nitrogens with two attached hydrogens (primary N) is 1. The minimum Gasteiger partial charge on any atom is -0.334 e. The van der Waals surface area contributed by atoms with Gasteiger partial charge < -0.3 is 10.6 Å². The molecule has 0 bridgehead atoms. The molecule has 1 amide bonds. The van der Waals surface area contributed by atoms with E-state index in [2.05, 4.69) is 12.0 Å². The molecule has 0 radical (unpaired) electrons. The van der Waals surface area contributed by atoms with E-state index >= 15 is 0 Å². The molecule has 4 rings (SSSR count). The highest BCUT2D eigenvalue weighted by atomic mass is 19.1. The summed E-state index contributed by atoms with van der Waals surface area (Å²) in [7, 11) is 0. The Morgan fingerprint density at radius 3 is 2.88 bits per heavy atom. The highest BCUT2D eigenvalue weighted by Gasteiger charge is 2.36. The summed E-state index contributed by atoms with van der Waals surface area (Å²) >= 11 is 0. The molecule has 6 heteroatoms. The van der Waals surface area contributed by atoms with Gasteiger partial charge in [0.15, 0.2) is 5.69 Å². The van der Waals surface area contributed by atoms with E-state index in [4.69, 9.17) is 5.73 Å². The fourth-order valence-corrected chi connectivity index (χ4v) is 4.32. The van der Waals surface area contributed by atoms with Gasteiger partial charge in [-0.05, 0) is 69.7 Å². The van der Waals surface area contributed by atoms with Gasteiger partial charge in [0, 0.05) is 23.8 Å². The maximum absolute atomic E-state index is 14.5. The fourth-order valence-electron chi connectivity index (χ4n) is 4.32. The van der Waals surface area contributed by atoms with Gasteiger partial charge in [0.1, 0.15) is 11.5 Å². The lowest BCUT2D eigenvalue weighted by molar-refractivity contribution is 0.0736. The van der Waals surface area contributed by atoms with Gasteiger partial charge in [-0.2, -0.15) is 5.10 Å². The molecule has 26 heavy (non-hydrogen) atoms. The molecule has 2 aromatic rings. The van der Waals surface area contributed by atoms with Crippen LogP contribution in [0.25, 0.3) is 5.69 Å². The fraction of sp³-hybridized carbons (Fsp3) is 0.500. The summed E-state index contributed by atoms with van der Waals surface area (Å²) in [4.78, 5) is 15.1. The number of aromatic nitrogens is 2. The smallest absolute Gasteiger partial charge is 0.274 e. The van der Waals surface area contributed by atoms with Crippen LogP contribution in [-0.2, 0) is 12.8 Å². The van der Waals surface area contributed by atoms with Crippen molar-refractivity contribution in [2.24, 2.45) is 11.7 Å². The van der Waals surface area contributed by atoms with Gasteiger partial charge in [-0.25, -0.2) is 9.07 Å². The van der Waals surface area contributed by atoms with E-state index in [0.29, 0.717) is 30.4 Å². The predicted molar refractivity (Wildman–Crippen MR) is 97.9 cm³/mol. The molecular weight excluding hydrogens is 331 g/mol. The highest BCUT2D eigenvalue weighted by Crippen LogP contribution is 2.31. The average Bonchev–Trinajstić information content (AvgIpc) is 3.29. The van der Waals surface area contributed by atoms with Crippen LogP contribution in [-0.4, -0.2) is 39.7 Å². The molecule has 1 saturated heterocycles. The Kier molecular flexibility index (Phi) is 4.31. The monoisotopic (exact) mass is 356 g/mol. The summed E-state index contributed by atoms with van der Waals surface area (Å²) in [6.45, 7) is 5.19. The standard InChI is InChI=1S/C20H25FN4O/c1-12-6-7-18(16(21)8-12)25-17-5-3-4-15(17)19(23-25)20(26)24-11-14(10-22)9-13(24)2/h6-8,13-14H,3-5,9-11,22H2,1-2H3. The molecule has 1 aliphatic carbocycles.